The maximum atomic E-state index is 14.0. The van der Waals surface area contributed by atoms with Gasteiger partial charge < -0.3 is 19.7 Å². The maximum absolute atomic E-state index is 14.0. The molecule has 3 N–H and O–H groups in total. The third-order valence-corrected chi connectivity index (χ3v) is 6.21. The summed E-state index contributed by atoms with van der Waals surface area (Å²) in [5.74, 6) is -2.34. The second-order valence-electron chi connectivity index (χ2n) is 8.87. The molecule has 0 amide bonds. The van der Waals surface area contributed by atoms with Gasteiger partial charge in [0, 0.05) is 6.20 Å². The van der Waals surface area contributed by atoms with Gasteiger partial charge in [0.2, 0.25) is 0 Å². The number of imidazole rings is 1. The van der Waals surface area contributed by atoms with Crippen molar-refractivity contribution in [1.29, 1.82) is 0 Å². The van der Waals surface area contributed by atoms with Gasteiger partial charge in [-0.2, -0.15) is 18.3 Å². The number of aromatic hydroxyl groups is 2. The fourth-order valence-corrected chi connectivity index (χ4v) is 4.25. The van der Waals surface area contributed by atoms with Gasteiger partial charge in [0.25, 0.3) is 11.8 Å². The molecule has 0 radical (unpaired) electrons. The maximum Gasteiger partial charge on any atom is 0.420 e. The standard InChI is InChI=1S/C28H17F4N5O5/c29-15-1-6-18(7-2-15)42-23-10-5-17(13-21(23)28(30,31)32)37-26(39)25(38)36(27(37)40)16-3-8-19(9-4-16)41-22-11-12-33-24-20(22)14-34-35-24/h1-14,38-39H,(H,33,34,35). The Balaban J connectivity index is 1.34. The van der Waals surface area contributed by atoms with E-state index in [1.165, 1.54) is 30.5 Å². The molecule has 0 atom stereocenters. The van der Waals surface area contributed by atoms with Crippen molar-refractivity contribution in [2.75, 3.05) is 0 Å². The lowest BCUT2D eigenvalue weighted by Gasteiger charge is -2.15. The summed E-state index contributed by atoms with van der Waals surface area (Å²) in [4.78, 5) is 17.4. The number of rotatable bonds is 6. The molecule has 212 valence electrons. The van der Waals surface area contributed by atoms with Crippen molar-refractivity contribution >= 4 is 11.0 Å². The van der Waals surface area contributed by atoms with E-state index >= 15 is 0 Å². The number of ether oxygens (including phenoxy) is 2. The van der Waals surface area contributed by atoms with E-state index in [-0.39, 0.29) is 11.4 Å². The Bertz CT molecular complexity index is 1980. The summed E-state index contributed by atoms with van der Waals surface area (Å²) < 4.78 is 67.5. The molecule has 0 aliphatic rings. The van der Waals surface area contributed by atoms with Crippen LogP contribution in [0.1, 0.15) is 5.56 Å². The highest BCUT2D eigenvalue weighted by Crippen LogP contribution is 2.40. The van der Waals surface area contributed by atoms with Crippen molar-refractivity contribution in [3.8, 4) is 46.1 Å². The van der Waals surface area contributed by atoms with Gasteiger partial charge in [-0.25, -0.2) is 23.3 Å². The van der Waals surface area contributed by atoms with Gasteiger partial charge in [-0.05, 0) is 72.8 Å². The molecule has 6 rings (SSSR count). The van der Waals surface area contributed by atoms with Crippen LogP contribution in [-0.2, 0) is 6.18 Å². The number of fused-ring (bicyclic) bond motifs is 1. The van der Waals surface area contributed by atoms with Crippen molar-refractivity contribution in [2.45, 2.75) is 6.18 Å². The van der Waals surface area contributed by atoms with E-state index in [2.05, 4.69) is 15.2 Å². The number of alkyl halides is 3. The van der Waals surface area contributed by atoms with Crippen LogP contribution in [0.5, 0.6) is 34.8 Å². The summed E-state index contributed by atoms with van der Waals surface area (Å²) in [6.07, 6.45) is -1.86. The summed E-state index contributed by atoms with van der Waals surface area (Å²) in [5, 5.41) is 28.4. The Hall–Kier alpha value is -5.79. The SMILES string of the molecule is O=c1n(-c2ccc(Oc3ccnc4[nH]ncc34)cc2)c(O)c(O)n1-c1ccc(Oc2ccc(F)cc2)c(C(F)(F)F)c1. The first kappa shape index (κ1) is 26.4. The fourth-order valence-electron chi connectivity index (χ4n) is 4.25. The van der Waals surface area contributed by atoms with E-state index in [1.807, 2.05) is 0 Å². The molecule has 3 aromatic heterocycles. The molecule has 0 bridgehead atoms. The average molecular weight is 579 g/mol. The molecular weight excluding hydrogens is 562 g/mol. The number of aromatic nitrogens is 5. The van der Waals surface area contributed by atoms with Gasteiger partial charge in [-0.1, -0.05) is 0 Å². The molecule has 10 nitrogen and oxygen atoms in total. The Kier molecular flexibility index (Phi) is 6.29. The quantitative estimate of drug-likeness (QED) is 0.205. The van der Waals surface area contributed by atoms with Crippen molar-refractivity contribution in [2.24, 2.45) is 0 Å². The summed E-state index contributed by atoms with van der Waals surface area (Å²) in [6, 6.07) is 14.4. The van der Waals surface area contributed by atoms with Crippen LogP contribution in [0.15, 0.2) is 90.0 Å². The van der Waals surface area contributed by atoms with Crippen LogP contribution in [0.4, 0.5) is 17.6 Å². The predicted octanol–water partition coefficient (Wildman–Crippen LogP) is 6.05. The van der Waals surface area contributed by atoms with Crippen LogP contribution in [0.2, 0.25) is 0 Å². The first-order valence-electron chi connectivity index (χ1n) is 12.1. The Morgan fingerprint density at radius 1 is 0.786 bits per heavy atom. The number of aromatic amines is 1. The van der Waals surface area contributed by atoms with E-state index in [0.717, 1.165) is 41.0 Å². The molecule has 0 spiro atoms. The number of hydrogen-bond acceptors (Lipinski definition) is 7. The molecule has 3 heterocycles. The summed E-state index contributed by atoms with van der Waals surface area (Å²) in [6.45, 7) is 0. The van der Waals surface area contributed by atoms with E-state index in [1.54, 1.807) is 12.3 Å². The number of nitrogens with one attached hydrogen (secondary N) is 1. The first-order valence-corrected chi connectivity index (χ1v) is 12.1. The van der Waals surface area contributed by atoms with Crippen LogP contribution >= 0.6 is 0 Å². The van der Waals surface area contributed by atoms with Crippen molar-refractivity contribution in [3.05, 3.63) is 107 Å². The Labute approximate surface area is 232 Å². The number of halogens is 4. The third kappa shape index (κ3) is 4.74. The summed E-state index contributed by atoms with van der Waals surface area (Å²) in [5.41, 5.74) is -2.11. The van der Waals surface area contributed by atoms with Crippen LogP contribution in [0.3, 0.4) is 0 Å². The minimum atomic E-state index is -4.93. The molecule has 0 aliphatic carbocycles. The van der Waals surface area contributed by atoms with Crippen LogP contribution in [0, 0.1) is 5.82 Å². The molecule has 0 saturated heterocycles. The highest BCUT2D eigenvalue weighted by molar-refractivity contribution is 5.81. The highest BCUT2D eigenvalue weighted by Gasteiger charge is 2.36. The zero-order valence-electron chi connectivity index (χ0n) is 21.0. The molecule has 3 aromatic carbocycles. The zero-order chi connectivity index (χ0) is 29.6. The number of pyridine rings is 1. The summed E-state index contributed by atoms with van der Waals surface area (Å²) >= 11 is 0. The van der Waals surface area contributed by atoms with Gasteiger partial charge in [-0.3, -0.25) is 5.10 Å². The number of benzene rings is 3. The molecular formula is C28H17F4N5O5. The van der Waals surface area contributed by atoms with E-state index < -0.39 is 46.4 Å². The number of nitrogens with zero attached hydrogens (tertiary/aromatic N) is 4. The Morgan fingerprint density at radius 2 is 1.38 bits per heavy atom. The highest BCUT2D eigenvalue weighted by atomic mass is 19.4. The second-order valence-corrected chi connectivity index (χ2v) is 8.87. The Morgan fingerprint density at radius 3 is 2.05 bits per heavy atom. The normalized spacial score (nSPS) is 11.6. The third-order valence-electron chi connectivity index (χ3n) is 6.21. The number of H-pyrrole nitrogens is 1. The van der Waals surface area contributed by atoms with Crippen molar-refractivity contribution < 1.29 is 37.2 Å². The van der Waals surface area contributed by atoms with E-state index in [9.17, 15) is 32.6 Å². The topological polar surface area (TPSA) is 127 Å². The molecule has 6 aromatic rings. The van der Waals surface area contributed by atoms with Gasteiger partial charge in [0.1, 0.15) is 34.4 Å². The summed E-state index contributed by atoms with van der Waals surface area (Å²) in [7, 11) is 0. The zero-order valence-corrected chi connectivity index (χ0v) is 21.0. The lowest BCUT2D eigenvalue weighted by molar-refractivity contribution is -0.138. The van der Waals surface area contributed by atoms with Gasteiger partial charge in [-0.15, -0.1) is 0 Å². The van der Waals surface area contributed by atoms with Crippen LogP contribution in [0.25, 0.3) is 22.4 Å². The predicted molar refractivity (Wildman–Crippen MR) is 140 cm³/mol. The fraction of sp³-hybridized carbons (Fsp3) is 0.0357. The van der Waals surface area contributed by atoms with Crippen LogP contribution in [-0.4, -0.2) is 34.5 Å². The minimum Gasteiger partial charge on any atom is -0.490 e. The molecule has 0 unspecified atom stereocenters. The molecule has 42 heavy (non-hydrogen) atoms. The van der Waals surface area contributed by atoms with E-state index in [0.29, 0.717) is 33.2 Å². The largest absolute Gasteiger partial charge is 0.490 e. The smallest absolute Gasteiger partial charge is 0.420 e. The van der Waals surface area contributed by atoms with Gasteiger partial charge in [0.05, 0.1) is 23.0 Å². The van der Waals surface area contributed by atoms with Crippen molar-refractivity contribution in [3.63, 3.8) is 0 Å². The lowest BCUT2D eigenvalue weighted by atomic mass is 10.1. The minimum absolute atomic E-state index is 0.0518. The molecule has 0 saturated carbocycles. The van der Waals surface area contributed by atoms with Crippen molar-refractivity contribution in [1.82, 2.24) is 24.3 Å². The first-order chi connectivity index (χ1) is 20.1. The average Bonchev–Trinajstić information content (AvgIpc) is 3.53. The molecule has 14 heteroatoms. The monoisotopic (exact) mass is 579 g/mol. The van der Waals surface area contributed by atoms with Gasteiger partial charge in [0.15, 0.2) is 5.65 Å². The van der Waals surface area contributed by atoms with Gasteiger partial charge >= 0.3 is 11.9 Å². The number of hydrogen-bond donors (Lipinski definition) is 3. The molecule has 0 aliphatic heterocycles. The van der Waals surface area contributed by atoms with E-state index in [4.69, 9.17) is 9.47 Å². The molecule has 0 fully saturated rings. The second kappa shape index (κ2) is 9.99. The lowest BCUT2D eigenvalue weighted by Crippen LogP contribution is -2.22. The van der Waals surface area contributed by atoms with Crippen LogP contribution < -0.4 is 15.2 Å².